The SMILES string of the molecule is Cc1ncccc1C(=O)N1CC(CN)CCC1C. The summed E-state index contributed by atoms with van der Waals surface area (Å²) >= 11 is 0. The highest BCUT2D eigenvalue weighted by Crippen LogP contribution is 2.23. The van der Waals surface area contributed by atoms with Crippen LogP contribution in [0.1, 0.15) is 35.8 Å². The van der Waals surface area contributed by atoms with E-state index in [1.165, 1.54) is 0 Å². The Balaban J connectivity index is 2.19. The molecule has 0 aromatic carbocycles. The molecule has 1 amide bonds. The summed E-state index contributed by atoms with van der Waals surface area (Å²) in [5, 5.41) is 0. The van der Waals surface area contributed by atoms with Crippen LogP contribution in [0.3, 0.4) is 0 Å². The fourth-order valence-corrected chi connectivity index (χ4v) is 2.52. The highest BCUT2D eigenvalue weighted by Gasteiger charge is 2.29. The van der Waals surface area contributed by atoms with Crippen LogP contribution in [0.4, 0.5) is 0 Å². The normalized spacial score (nSPS) is 24.1. The molecule has 2 rings (SSSR count). The number of nitrogens with zero attached hydrogens (tertiary/aromatic N) is 2. The molecule has 4 heteroatoms. The van der Waals surface area contributed by atoms with Gasteiger partial charge in [0.25, 0.3) is 5.91 Å². The molecule has 1 aliphatic heterocycles. The van der Waals surface area contributed by atoms with Crippen LogP contribution >= 0.6 is 0 Å². The molecule has 2 N–H and O–H groups in total. The fraction of sp³-hybridized carbons (Fsp3) is 0.571. The van der Waals surface area contributed by atoms with Crippen molar-refractivity contribution in [2.75, 3.05) is 13.1 Å². The zero-order valence-corrected chi connectivity index (χ0v) is 11.1. The zero-order chi connectivity index (χ0) is 13.1. The van der Waals surface area contributed by atoms with E-state index in [0.29, 0.717) is 24.1 Å². The van der Waals surface area contributed by atoms with Crippen molar-refractivity contribution in [3.63, 3.8) is 0 Å². The Kier molecular flexibility index (Phi) is 3.97. The molecule has 2 unspecified atom stereocenters. The second-order valence-corrected chi connectivity index (χ2v) is 5.12. The van der Waals surface area contributed by atoms with Gasteiger partial charge in [0.1, 0.15) is 0 Å². The monoisotopic (exact) mass is 247 g/mol. The van der Waals surface area contributed by atoms with Gasteiger partial charge < -0.3 is 10.6 Å². The number of hydrogen-bond donors (Lipinski definition) is 1. The van der Waals surface area contributed by atoms with Crippen LogP contribution in [0.25, 0.3) is 0 Å². The summed E-state index contributed by atoms with van der Waals surface area (Å²) in [7, 11) is 0. The highest BCUT2D eigenvalue weighted by atomic mass is 16.2. The van der Waals surface area contributed by atoms with Crippen LogP contribution in [0.5, 0.6) is 0 Å². The number of carbonyl (C=O) groups excluding carboxylic acids is 1. The largest absolute Gasteiger partial charge is 0.336 e. The lowest BCUT2D eigenvalue weighted by Gasteiger charge is -2.37. The number of nitrogens with two attached hydrogens (primary N) is 1. The lowest BCUT2D eigenvalue weighted by atomic mass is 9.93. The quantitative estimate of drug-likeness (QED) is 0.863. The third-order valence-corrected chi connectivity index (χ3v) is 3.81. The van der Waals surface area contributed by atoms with Gasteiger partial charge in [-0.3, -0.25) is 9.78 Å². The fourth-order valence-electron chi connectivity index (χ4n) is 2.52. The predicted molar refractivity (Wildman–Crippen MR) is 71.3 cm³/mol. The zero-order valence-electron chi connectivity index (χ0n) is 11.1. The second-order valence-electron chi connectivity index (χ2n) is 5.12. The molecule has 0 radical (unpaired) electrons. The Morgan fingerprint density at radius 2 is 2.33 bits per heavy atom. The maximum Gasteiger partial charge on any atom is 0.255 e. The third-order valence-electron chi connectivity index (χ3n) is 3.81. The van der Waals surface area contributed by atoms with Gasteiger partial charge in [-0.25, -0.2) is 0 Å². The first-order chi connectivity index (χ1) is 8.63. The molecule has 0 bridgehead atoms. The van der Waals surface area contributed by atoms with E-state index in [0.717, 1.165) is 25.1 Å². The van der Waals surface area contributed by atoms with E-state index in [1.807, 2.05) is 24.0 Å². The molecular formula is C14H21N3O. The standard InChI is InChI=1S/C14H21N3O/c1-10-5-6-12(8-15)9-17(10)14(18)13-4-3-7-16-11(13)2/h3-4,7,10,12H,5-6,8-9,15H2,1-2H3. The van der Waals surface area contributed by atoms with Crippen molar-refractivity contribution in [3.8, 4) is 0 Å². The van der Waals surface area contributed by atoms with Crippen LogP contribution in [-0.4, -0.2) is 34.9 Å². The Bertz CT molecular complexity index is 433. The predicted octanol–water partition coefficient (Wildman–Crippen LogP) is 1.59. The van der Waals surface area contributed by atoms with E-state index in [9.17, 15) is 4.79 Å². The average Bonchev–Trinajstić information content (AvgIpc) is 2.39. The minimum Gasteiger partial charge on any atom is -0.336 e. The first-order valence-corrected chi connectivity index (χ1v) is 6.56. The van der Waals surface area contributed by atoms with Crippen molar-refractivity contribution in [3.05, 3.63) is 29.6 Å². The van der Waals surface area contributed by atoms with E-state index in [2.05, 4.69) is 11.9 Å². The lowest BCUT2D eigenvalue weighted by molar-refractivity contribution is 0.0565. The number of hydrogen-bond acceptors (Lipinski definition) is 3. The molecule has 1 aliphatic rings. The van der Waals surface area contributed by atoms with Gasteiger partial charge in [-0.2, -0.15) is 0 Å². The van der Waals surface area contributed by atoms with Gasteiger partial charge in [-0.1, -0.05) is 0 Å². The molecular weight excluding hydrogens is 226 g/mol. The van der Waals surface area contributed by atoms with E-state index < -0.39 is 0 Å². The van der Waals surface area contributed by atoms with Gasteiger partial charge in [-0.05, 0) is 51.3 Å². The molecule has 1 saturated heterocycles. The van der Waals surface area contributed by atoms with Crippen molar-refractivity contribution >= 4 is 5.91 Å². The molecule has 0 saturated carbocycles. The Hall–Kier alpha value is -1.42. The van der Waals surface area contributed by atoms with Crippen molar-refractivity contribution in [2.45, 2.75) is 32.7 Å². The summed E-state index contributed by atoms with van der Waals surface area (Å²) in [4.78, 5) is 18.7. The molecule has 2 atom stereocenters. The van der Waals surface area contributed by atoms with Gasteiger partial charge in [-0.15, -0.1) is 0 Å². The first kappa shape index (κ1) is 13.0. The van der Waals surface area contributed by atoms with E-state index in [4.69, 9.17) is 5.73 Å². The smallest absolute Gasteiger partial charge is 0.255 e. The molecule has 4 nitrogen and oxygen atoms in total. The number of pyridine rings is 1. The van der Waals surface area contributed by atoms with Gasteiger partial charge in [0.15, 0.2) is 0 Å². The summed E-state index contributed by atoms with van der Waals surface area (Å²) in [5.41, 5.74) is 7.24. The molecule has 0 aliphatic carbocycles. The molecule has 98 valence electrons. The molecule has 18 heavy (non-hydrogen) atoms. The first-order valence-electron chi connectivity index (χ1n) is 6.56. The van der Waals surface area contributed by atoms with E-state index >= 15 is 0 Å². The van der Waals surface area contributed by atoms with Gasteiger partial charge >= 0.3 is 0 Å². The van der Waals surface area contributed by atoms with Crippen LogP contribution < -0.4 is 5.73 Å². The topological polar surface area (TPSA) is 59.2 Å². The minimum absolute atomic E-state index is 0.0891. The number of aromatic nitrogens is 1. The molecule has 1 aromatic heterocycles. The summed E-state index contributed by atoms with van der Waals surface area (Å²) in [6.07, 6.45) is 3.87. The van der Waals surface area contributed by atoms with Crippen LogP contribution in [0.15, 0.2) is 18.3 Å². The molecule has 1 aromatic rings. The molecule has 1 fully saturated rings. The average molecular weight is 247 g/mol. The van der Waals surface area contributed by atoms with E-state index in [-0.39, 0.29) is 5.91 Å². The number of aryl methyl sites for hydroxylation is 1. The van der Waals surface area contributed by atoms with Crippen molar-refractivity contribution < 1.29 is 4.79 Å². The van der Waals surface area contributed by atoms with Crippen LogP contribution in [0.2, 0.25) is 0 Å². The third kappa shape index (κ3) is 2.53. The number of piperidine rings is 1. The van der Waals surface area contributed by atoms with Gasteiger partial charge in [0.05, 0.1) is 5.56 Å². The van der Waals surface area contributed by atoms with Gasteiger partial charge in [0, 0.05) is 24.5 Å². The highest BCUT2D eigenvalue weighted by molar-refractivity contribution is 5.95. The van der Waals surface area contributed by atoms with Crippen molar-refractivity contribution in [1.29, 1.82) is 0 Å². The molecule has 0 spiro atoms. The number of carbonyl (C=O) groups is 1. The second kappa shape index (κ2) is 5.48. The maximum atomic E-state index is 12.5. The Labute approximate surface area is 108 Å². The Morgan fingerprint density at radius 1 is 1.56 bits per heavy atom. The van der Waals surface area contributed by atoms with Crippen molar-refractivity contribution in [1.82, 2.24) is 9.88 Å². The summed E-state index contributed by atoms with van der Waals surface area (Å²) in [6, 6.07) is 3.96. The van der Waals surface area contributed by atoms with Crippen LogP contribution in [-0.2, 0) is 0 Å². The number of rotatable bonds is 2. The maximum absolute atomic E-state index is 12.5. The Morgan fingerprint density at radius 3 is 3.00 bits per heavy atom. The number of likely N-dealkylation sites (tertiary alicyclic amines) is 1. The van der Waals surface area contributed by atoms with Crippen molar-refractivity contribution in [2.24, 2.45) is 11.7 Å². The lowest BCUT2D eigenvalue weighted by Crippen LogP contribution is -2.47. The summed E-state index contributed by atoms with van der Waals surface area (Å²) in [5.74, 6) is 0.522. The van der Waals surface area contributed by atoms with Gasteiger partial charge in [0.2, 0.25) is 0 Å². The van der Waals surface area contributed by atoms with E-state index in [1.54, 1.807) is 6.20 Å². The summed E-state index contributed by atoms with van der Waals surface area (Å²) in [6.45, 7) is 5.41. The summed E-state index contributed by atoms with van der Waals surface area (Å²) < 4.78 is 0. The number of amides is 1. The van der Waals surface area contributed by atoms with Crippen LogP contribution in [0, 0.1) is 12.8 Å². The minimum atomic E-state index is 0.0891. The molecule has 2 heterocycles.